The predicted molar refractivity (Wildman–Crippen MR) is 88.2 cm³/mol. The van der Waals surface area contributed by atoms with Crippen LogP contribution in [0.1, 0.15) is 71.1 Å². The number of hydrogen-bond acceptors (Lipinski definition) is 2. The van der Waals surface area contributed by atoms with E-state index in [4.69, 9.17) is 0 Å². The maximum atomic E-state index is 12.2. The van der Waals surface area contributed by atoms with Gasteiger partial charge in [-0.3, -0.25) is 4.79 Å². The molecule has 0 spiro atoms. The molecule has 1 atom stereocenters. The summed E-state index contributed by atoms with van der Waals surface area (Å²) in [5.74, 6) is 2.28. The number of unbranched alkanes of at least 4 members (excludes halogenated alkanes) is 1. The van der Waals surface area contributed by atoms with Gasteiger partial charge in [0, 0.05) is 12.5 Å². The first-order chi connectivity index (χ1) is 10.3. The molecule has 1 unspecified atom stereocenters. The molecule has 0 radical (unpaired) electrons. The van der Waals surface area contributed by atoms with Gasteiger partial charge in [0.25, 0.3) is 0 Å². The Labute approximate surface area is 130 Å². The van der Waals surface area contributed by atoms with E-state index in [1.54, 1.807) is 0 Å². The fourth-order valence-corrected chi connectivity index (χ4v) is 3.92. The van der Waals surface area contributed by atoms with Gasteiger partial charge in [0.2, 0.25) is 5.91 Å². The summed E-state index contributed by atoms with van der Waals surface area (Å²) in [7, 11) is 0. The summed E-state index contributed by atoms with van der Waals surface area (Å²) in [5.41, 5.74) is 0. The van der Waals surface area contributed by atoms with Crippen LogP contribution in [0.25, 0.3) is 0 Å². The molecule has 2 N–H and O–H groups in total. The number of rotatable bonds is 7. The molecule has 2 rings (SSSR count). The maximum Gasteiger partial charge on any atom is 0.223 e. The van der Waals surface area contributed by atoms with Crippen LogP contribution in [0.15, 0.2) is 0 Å². The molecule has 2 fully saturated rings. The highest BCUT2D eigenvalue weighted by molar-refractivity contribution is 5.78. The second kappa shape index (κ2) is 9.45. The second-order valence-corrected chi connectivity index (χ2v) is 7.15. The molecule has 0 aromatic carbocycles. The molecule has 1 amide bonds. The highest BCUT2D eigenvalue weighted by atomic mass is 16.1. The summed E-state index contributed by atoms with van der Waals surface area (Å²) in [6.07, 6.45) is 12.6. The molecular weight excluding hydrogens is 260 g/mol. The van der Waals surface area contributed by atoms with Crippen molar-refractivity contribution in [2.75, 3.05) is 19.6 Å². The molecule has 0 aromatic heterocycles. The summed E-state index contributed by atoms with van der Waals surface area (Å²) < 4.78 is 0. The molecular formula is C18H34N2O. The average molecular weight is 294 g/mol. The number of piperidine rings is 1. The SMILES string of the molecule is CCCCC1CCC(C(=O)NCCC2CCCNC2)CC1. The van der Waals surface area contributed by atoms with Gasteiger partial charge < -0.3 is 10.6 Å². The van der Waals surface area contributed by atoms with E-state index < -0.39 is 0 Å². The van der Waals surface area contributed by atoms with Gasteiger partial charge in [0.15, 0.2) is 0 Å². The van der Waals surface area contributed by atoms with Crippen molar-refractivity contribution in [2.45, 2.75) is 71.1 Å². The predicted octanol–water partition coefficient (Wildman–Crippen LogP) is 3.49. The van der Waals surface area contributed by atoms with E-state index in [2.05, 4.69) is 17.6 Å². The molecule has 1 aliphatic heterocycles. The Balaban J connectivity index is 1.56. The zero-order chi connectivity index (χ0) is 14.9. The van der Waals surface area contributed by atoms with Crippen LogP contribution in [-0.2, 0) is 4.79 Å². The molecule has 21 heavy (non-hydrogen) atoms. The zero-order valence-corrected chi connectivity index (χ0v) is 13.8. The minimum absolute atomic E-state index is 0.298. The van der Waals surface area contributed by atoms with Gasteiger partial charge in [-0.25, -0.2) is 0 Å². The summed E-state index contributed by atoms with van der Waals surface area (Å²) in [6, 6.07) is 0. The van der Waals surface area contributed by atoms with E-state index >= 15 is 0 Å². The van der Waals surface area contributed by atoms with Crippen LogP contribution in [0.3, 0.4) is 0 Å². The second-order valence-electron chi connectivity index (χ2n) is 7.15. The molecule has 1 heterocycles. The van der Waals surface area contributed by atoms with Crippen molar-refractivity contribution in [3.05, 3.63) is 0 Å². The molecule has 0 bridgehead atoms. The lowest BCUT2D eigenvalue weighted by Crippen LogP contribution is -2.36. The highest BCUT2D eigenvalue weighted by Crippen LogP contribution is 2.31. The van der Waals surface area contributed by atoms with E-state index in [0.29, 0.717) is 11.8 Å². The van der Waals surface area contributed by atoms with Gasteiger partial charge in [-0.15, -0.1) is 0 Å². The standard InChI is InChI=1S/C18H34N2O/c1-2-3-5-15-7-9-17(10-8-15)18(21)20-13-11-16-6-4-12-19-14-16/h15-17,19H,2-14H2,1H3,(H,20,21). The van der Waals surface area contributed by atoms with Crippen LogP contribution in [0.5, 0.6) is 0 Å². The first kappa shape index (κ1) is 16.8. The minimum Gasteiger partial charge on any atom is -0.356 e. The van der Waals surface area contributed by atoms with Crippen LogP contribution in [0, 0.1) is 17.8 Å². The fraction of sp³-hybridized carbons (Fsp3) is 0.944. The third-order valence-electron chi connectivity index (χ3n) is 5.43. The molecule has 3 nitrogen and oxygen atoms in total. The lowest BCUT2D eigenvalue weighted by molar-refractivity contribution is -0.126. The molecule has 1 saturated carbocycles. The van der Waals surface area contributed by atoms with Crippen LogP contribution in [0.4, 0.5) is 0 Å². The first-order valence-electron chi connectivity index (χ1n) is 9.28. The van der Waals surface area contributed by atoms with E-state index in [-0.39, 0.29) is 0 Å². The molecule has 122 valence electrons. The Morgan fingerprint density at radius 3 is 2.57 bits per heavy atom. The summed E-state index contributed by atoms with van der Waals surface area (Å²) in [5, 5.41) is 6.64. The lowest BCUT2D eigenvalue weighted by Gasteiger charge is -2.28. The summed E-state index contributed by atoms with van der Waals surface area (Å²) in [6.45, 7) is 5.45. The smallest absolute Gasteiger partial charge is 0.223 e. The number of amides is 1. The van der Waals surface area contributed by atoms with Crippen molar-refractivity contribution in [3.63, 3.8) is 0 Å². The monoisotopic (exact) mass is 294 g/mol. The van der Waals surface area contributed by atoms with Gasteiger partial charge in [0.05, 0.1) is 0 Å². The van der Waals surface area contributed by atoms with Crippen LogP contribution >= 0.6 is 0 Å². The Kier molecular flexibility index (Phi) is 7.56. The molecule has 3 heteroatoms. The topological polar surface area (TPSA) is 41.1 Å². The third kappa shape index (κ3) is 5.98. The van der Waals surface area contributed by atoms with Crippen molar-refractivity contribution in [2.24, 2.45) is 17.8 Å². The first-order valence-corrected chi connectivity index (χ1v) is 9.28. The van der Waals surface area contributed by atoms with Crippen molar-refractivity contribution in [1.29, 1.82) is 0 Å². The largest absolute Gasteiger partial charge is 0.356 e. The van der Waals surface area contributed by atoms with Crippen molar-refractivity contribution in [1.82, 2.24) is 10.6 Å². The van der Waals surface area contributed by atoms with Gasteiger partial charge in [0.1, 0.15) is 0 Å². The lowest BCUT2D eigenvalue weighted by atomic mass is 9.79. The maximum absolute atomic E-state index is 12.2. The molecule has 1 aliphatic carbocycles. The zero-order valence-electron chi connectivity index (χ0n) is 13.8. The minimum atomic E-state index is 0.298. The van der Waals surface area contributed by atoms with Gasteiger partial charge >= 0.3 is 0 Å². The number of carbonyl (C=O) groups excluding carboxylic acids is 1. The van der Waals surface area contributed by atoms with E-state index in [1.165, 1.54) is 51.5 Å². The van der Waals surface area contributed by atoms with E-state index in [9.17, 15) is 4.79 Å². The molecule has 2 aliphatic rings. The Bertz CT molecular complexity index is 292. The van der Waals surface area contributed by atoms with Gasteiger partial charge in [-0.2, -0.15) is 0 Å². The van der Waals surface area contributed by atoms with Gasteiger partial charge in [-0.1, -0.05) is 26.2 Å². The van der Waals surface area contributed by atoms with Crippen LogP contribution < -0.4 is 10.6 Å². The van der Waals surface area contributed by atoms with Crippen molar-refractivity contribution < 1.29 is 4.79 Å². The normalized spacial score (nSPS) is 30.0. The molecule has 0 aromatic rings. The Hall–Kier alpha value is -0.570. The van der Waals surface area contributed by atoms with Crippen molar-refractivity contribution >= 4 is 5.91 Å². The third-order valence-corrected chi connectivity index (χ3v) is 5.43. The van der Waals surface area contributed by atoms with Crippen LogP contribution in [-0.4, -0.2) is 25.5 Å². The van der Waals surface area contributed by atoms with Gasteiger partial charge in [-0.05, 0) is 69.9 Å². The quantitative estimate of drug-likeness (QED) is 0.754. The summed E-state index contributed by atoms with van der Waals surface area (Å²) >= 11 is 0. The number of carbonyl (C=O) groups is 1. The molecule has 1 saturated heterocycles. The van der Waals surface area contributed by atoms with E-state index in [1.807, 2.05) is 0 Å². The fourth-order valence-electron chi connectivity index (χ4n) is 3.92. The highest BCUT2D eigenvalue weighted by Gasteiger charge is 2.25. The number of hydrogen-bond donors (Lipinski definition) is 2. The van der Waals surface area contributed by atoms with Crippen LogP contribution in [0.2, 0.25) is 0 Å². The average Bonchev–Trinajstić information content (AvgIpc) is 2.54. The van der Waals surface area contributed by atoms with Crippen molar-refractivity contribution in [3.8, 4) is 0 Å². The van der Waals surface area contributed by atoms with E-state index in [0.717, 1.165) is 44.2 Å². The summed E-state index contributed by atoms with van der Waals surface area (Å²) in [4.78, 5) is 12.2. The Morgan fingerprint density at radius 2 is 1.90 bits per heavy atom. The Morgan fingerprint density at radius 1 is 1.10 bits per heavy atom. The number of nitrogens with one attached hydrogen (secondary N) is 2.